The van der Waals surface area contributed by atoms with Crippen LogP contribution in [-0.2, 0) is 4.79 Å². The van der Waals surface area contributed by atoms with Crippen LogP contribution < -0.4 is 0 Å². The van der Waals surface area contributed by atoms with Crippen molar-refractivity contribution in [3.63, 3.8) is 0 Å². The molecule has 0 aromatic carbocycles. The van der Waals surface area contributed by atoms with E-state index in [-0.39, 0.29) is 11.7 Å². The van der Waals surface area contributed by atoms with Gasteiger partial charge in [-0.2, -0.15) is 0 Å². The Morgan fingerprint density at radius 2 is 2.42 bits per heavy atom. The largest absolute Gasteiger partial charge is 0.299 e. The number of aryl methyl sites for hydroxylation is 1. The van der Waals surface area contributed by atoms with Gasteiger partial charge in [-0.15, -0.1) is 11.3 Å². The van der Waals surface area contributed by atoms with E-state index in [2.05, 4.69) is 4.98 Å². The van der Waals surface area contributed by atoms with Gasteiger partial charge in [0.05, 0.1) is 5.92 Å². The van der Waals surface area contributed by atoms with Crippen molar-refractivity contribution in [2.75, 3.05) is 0 Å². The number of hydrogen-bond donors (Lipinski definition) is 0. The minimum atomic E-state index is 0.0173. The first kappa shape index (κ1) is 9.39. The molecule has 12 heavy (non-hydrogen) atoms. The molecule has 0 spiro atoms. The molecular weight excluding hydrogens is 170 g/mol. The first-order chi connectivity index (χ1) is 5.65. The summed E-state index contributed by atoms with van der Waals surface area (Å²) in [5, 5.41) is 2.95. The van der Waals surface area contributed by atoms with Gasteiger partial charge in [0.15, 0.2) is 0 Å². The standard InChI is InChI=1S/C9H13NOS/c1-4-8(7(3)11)9-10-6(2)5-12-9/h5,8H,4H2,1-3H3. The Bertz CT molecular complexity index is 280. The van der Waals surface area contributed by atoms with Crippen LogP contribution in [0.2, 0.25) is 0 Å². The minimum absolute atomic E-state index is 0.0173. The summed E-state index contributed by atoms with van der Waals surface area (Å²) in [4.78, 5) is 15.5. The second-order valence-electron chi connectivity index (χ2n) is 2.90. The van der Waals surface area contributed by atoms with Gasteiger partial charge in [-0.1, -0.05) is 6.92 Å². The van der Waals surface area contributed by atoms with Crippen LogP contribution in [0.25, 0.3) is 0 Å². The van der Waals surface area contributed by atoms with Crippen molar-refractivity contribution in [2.24, 2.45) is 0 Å². The number of nitrogens with zero attached hydrogens (tertiary/aromatic N) is 1. The van der Waals surface area contributed by atoms with Gasteiger partial charge < -0.3 is 0 Å². The van der Waals surface area contributed by atoms with Gasteiger partial charge in [0.2, 0.25) is 0 Å². The zero-order valence-electron chi connectivity index (χ0n) is 7.63. The lowest BCUT2D eigenvalue weighted by Crippen LogP contribution is -2.06. The normalized spacial score (nSPS) is 12.9. The summed E-state index contributed by atoms with van der Waals surface area (Å²) in [5.74, 6) is 0.232. The Kier molecular flexibility index (Phi) is 2.98. The first-order valence-corrected chi connectivity index (χ1v) is 4.95. The maximum Gasteiger partial charge on any atom is 0.139 e. The van der Waals surface area contributed by atoms with Crippen molar-refractivity contribution in [1.29, 1.82) is 0 Å². The van der Waals surface area contributed by atoms with Gasteiger partial charge in [0, 0.05) is 11.1 Å². The van der Waals surface area contributed by atoms with Crippen molar-refractivity contribution < 1.29 is 4.79 Å². The van der Waals surface area contributed by atoms with E-state index in [9.17, 15) is 4.79 Å². The zero-order chi connectivity index (χ0) is 9.14. The Labute approximate surface area is 76.6 Å². The van der Waals surface area contributed by atoms with E-state index in [1.807, 2.05) is 19.2 Å². The average Bonchev–Trinajstić information content (AvgIpc) is 2.37. The molecule has 0 saturated carbocycles. The highest BCUT2D eigenvalue weighted by Gasteiger charge is 2.17. The SMILES string of the molecule is CCC(C(C)=O)c1nc(C)cs1. The number of thiazole rings is 1. The molecule has 0 amide bonds. The fraction of sp³-hybridized carbons (Fsp3) is 0.556. The number of carbonyl (C=O) groups is 1. The van der Waals surface area contributed by atoms with E-state index < -0.39 is 0 Å². The van der Waals surface area contributed by atoms with Crippen LogP contribution in [0.5, 0.6) is 0 Å². The summed E-state index contributed by atoms with van der Waals surface area (Å²) in [6.07, 6.45) is 0.849. The summed E-state index contributed by atoms with van der Waals surface area (Å²) in [6.45, 7) is 5.60. The summed E-state index contributed by atoms with van der Waals surface area (Å²) in [6, 6.07) is 0. The van der Waals surface area contributed by atoms with Gasteiger partial charge in [-0.3, -0.25) is 4.79 Å². The number of aromatic nitrogens is 1. The fourth-order valence-electron chi connectivity index (χ4n) is 1.17. The first-order valence-electron chi connectivity index (χ1n) is 4.07. The van der Waals surface area contributed by atoms with E-state index in [1.54, 1.807) is 18.3 Å². The molecule has 0 radical (unpaired) electrons. The fourth-order valence-corrected chi connectivity index (χ4v) is 2.21. The van der Waals surface area contributed by atoms with E-state index in [1.165, 1.54) is 0 Å². The number of hydrogen-bond acceptors (Lipinski definition) is 3. The predicted octanol–water partition coefficient (Wildman–Crippen LogP) is 2.53. The van der Waals surface area contributed by atoms with E-state index >= 15 is 0 Å². The lowest BCUT2D eigenvalue weighted by atomic mass is 10.0. The molecule has 1 rings (SSSR count). The number of carbonyl (C=O) groups excluding carboxylic acids is 1. The highest BCUT2D eigenvalue weighted by atomic mass is 32.1. The molecule has 0 aliphatic heterocycles. The predicted molar refractivity (Wildman–Crippen MR) is 50.6 cm³/mol. The monoisotopic (exact) mass is 183 g/mol. The van der Waals surface area contributed by atoms with Gasteiger partial charge in [0.25, 0.3) is 0 Å². The summed E-state index contributed by atoms with van der Waals surface area (Å²) in [5.41, 5.74) is 1.01. The third kappa shape index (κ3) is 1.91. The molecule has 0 saturated heterocycles. The van der Waals surface area contributed by atoms with E-state index in [4.69, 9.17) is 0 Å². The minimum Gasteiger partial charge on any atom is -0.299 e. The molecule has 1 unspecified atom stereocenters. The average molecular weight is 183 g/mol. The van der Waals surface area contributed by atoms with Crippen molar-refractivity contribution in [1.82, 2.24) is 4.98 Å². The molecule has 3 heteroatoms. The van der Waals surface area contributed by atoms with Crippen LogP contribution in [0.4, 0.5) is 0 Å². The van der Waals surface area contributed by atoms with Crippen molar-refractivity contribution in [3.8, 4) is 0 Å². The van der Waals surface area contributed by atoms with Crippen LogP contribution in [0.3, 0.4) is 0 Å². The third-order valence-electron chi connectivity index (χ3n) is 1.83. The smallest absolute Gasteiger partial charge is 0.139 e. The molecule has 1 aromatic heterocycles. The zero-order valence-corrected chi connectivity index (χ0v) is 8.44. The van der Waals surface area contributed by atoms with Gasteiger partial charge in [-0.25, -0.2) is 4.98 Å². The maximum absolute atomic E-state index is 11.2. The molecule has 2 nitrogen and oxygen atoms in total. The molecule has 1 heterocycles. The molecule has 1 aromatic rings. The third-order valence-corrected chi connectivity index (χ3v) is 2.91. The molecule has 66 valence electrons. The Morgan fingerprint density at radius 3 is 2.75 bits per heavy atom. The number of rotatable bonds is 3. The molecular formula is C9H13NOS. The second-order valence-corrected chi connectivity index (χ2v) is 3.79. The molecule has 0 bridgehead atoms. The molecule has 0 aliphatic carbocycles. The number of ketones is 1. The van der Waals surface area contributed by atoms with Crippen LogP contribution in [0.1, 0.15) is 36.9 Å². The van der Waals surface area contributed by atoms with Gasteiger partial charge in [-0.05, 0) is 20.3 Å². The molecule has 0 aliphatic rings. The maximum atomic E-state index is 11.2. The van der Waals surface area contributed by atoms with Crippen LogP contribution in [0, 0.1) is 6.92 Å². The Hall–Kier alpha value is -0.700. The molecule has 0 N–H and O–H groups in total. The van der Waals surface area contributed by atoms with Crippen LogP contribution in [-0.4, -0.2) is 10.8 Å². The van der Waals surface area contributed by atoms with Crippen molar-refractivity contribution in [2.45, 2.75) is 33.1 Å². The summed E-state index contributed by atoms with van der Waals surface area (Å²) >= 11 is 1.58. The molecule has 0 fully saturated rings. The lowest BCUT2D eigenvalue weighted by molar-refractivity contribution is -0.118. The summed E-state index contributed by atoms with van der Waals surface area (Å²) < 4.78 is 0. The van der Waals surface area contributed by atoms with Crippen LogP contribution >= 0.6 is 11.3 Å². The molecule has 1 atom stereocenters. The van der Waals surface area contributed by atoms with Crippen molar-refractivity contribution in [3.05, 3.63) is 16.1 Å². The van der Waals surface area contributed by atoms with Gasteiger partial charge in [0.1, 0.15) is 10.8 Å². The topological polar surface area (TPSA) is 30.0 Å². The Balaban J connectivity index is 2.87. The highest BCUT2D eigenvalue weighted by Crippen LogP contribution is 2.23. The van der Waals surface area contributed by atoms with Gasteiger partial charge >= 0.3 is 0 Å². The van der Waals surface area contributed by atoms with E-state index in [0.717, 1.165) is 17.1 Å². The lowest BCUT2D eigenvalue weighted by Gasteiger charge is -2.05. The van der Waals surface area contributed by atoms with Crippen LogP contribution in [0.15, 0.2) is 5.38 Å². The van der Waals surface area contributed by atoms with Crippen molar-refractivity contribution >= 4 is 17.1 Å². The van der Waals surface area contributed by atoms with E-state index in [0.29, 0.717) is 0 Å². The summed E-state index contributed by atoms with van der Waals surface area (Å²) in [7, 11) is 0. The quantitative estimate of drug-likeness (QED) is 0.720. The highest BCUT2D eigenvalue weighted by molar-refractivity contribution is 7.09. The second kappa shape index (κ2) is 3.81. The Morgan fingerprint density at radius 1 is 1.75 bits per heavy atom. The number of Topliss-reactive ketones (excluding diaryl/α,β-unsaturated/α-hetero) is 1.